The van der Waals surface area contributed by atoms with E-state index < -0.39 is 0 Å². The zero-order valence-corrected chi connectivity index (χ0v) is 16.6. The Balaban J connectivity index is 1.66. The van der Waals surface area contributed by atoms with Crippen LogP contribution in [0, 0.1) is 0 Å². The van der Waals surface area contributed by atoms with Crippen LogP contribution in [0.3, 0.4) is 0 Å². The topological polar surface area (TPSA) is 69.7 Å². The number of nitrogens with zero attached hydrogens (tertiary/aromatic N) is 1. The summed E-state index contributed by atoms with van der Waals surface area (Å²) in [5.41, 5.74) is 1.40. The van der Waals surface area contributed by atoms with Gasteiger partial charge in [-0.3, -0.25) is 4.79 Å². The Kier molecular flexibility index (Phi) is 7.12. The fourth-order valence-corrected chi connectivity index (χ4v) is 3.30. The monoisotopic (exact) mass is 384 g/mol. The molecular formula is C22H28N2O4. The van der Waals surface area contributed by atoms with Crippen molar-refractivity contribution < 1.29 is 19.0 Å². The molecule has 0 radical (unpaired) electrons. The van der Waals surface area contributed by atoms with Gasteiger partial charge in [-0.25, -0.2) is 4.98 Å². The van der Waals surface area contributed by atoms with E-state index in [1.165, 1.54) is 12.8 Å². The third-order valence-electron chi connectivity index (χ3n) is 4.68. The van der Waals surface area contributed by atoms with Gasteiger partial charge in [0.15, 0.2) is 11.5 Å². The lowest BCUT2D eigenvalue weighted by Crippen LogP contribution is -2.24. The van der Waals surface area contributed by atoms with Gasteiger partial charge in [-0.15, -0.1) is 0 Å². The van der Waals surface area contributed by atoms with Crippen molar-refractivity contribution in [1.82, 2.24) is 10.3 Å². The van der Waals surface area contributed by atoms with Crippen LogP contribution in [-0.2, 0) is 6.54 Å². The van der Waals surface area contributed by atoms with Crippen LogP contribution >= 0.6 is 0 Å². The normalized spacial score (nSPS) is 13.9. The number of benzene rings is 1. The van der Waals surface area contributed by atoms with Crippen LogP contribution in [0.1, 0.15) is 55.5 Å². The second-order valence-corrected chi connectivity index (χ2v) is 6.70. The first-order valence-electron chi connectivity index (χ1n) is 9.99. The van der Waals surface area contributed by atoms with Crippen LogP contribution in [0.2, 0.25) is 0 Å². The van der Waals surface area contributed by atoms with Crippen LogP contribution in [-0.4, -0.2) is 30.2 Å². The van der Waals surface area contributed by atoms with Crippen molar-refractivity contribution in [3.63, 3.8) is 0 Å². The highest BCUT2D eigenvalue weighted by molar-refractivity contribution is 5.94. The minimum atomic E-state index is -0.181. The van der Waals surface area contributed by atoms with Crippen molar-refractivity contribution in [2.45, 2.75) is 52.2 Å². The average molecular weight is 384 g/mol. The van der Waals surface area contributed by atoms with E-state index in [-0.39, 0.29) is 12.0 Å². The first kappa shape index (κ1) is 20.0. The van der Waals surface area contributed by atoms with Gasteiger partial charge in [0.2, 0.25) is 5.88 Å². The molecule has 1 aliphatic rings. The van der Waals surface area contributed by atoms with Crippen molar-refractivity contribution >= 4 is 5.91 Å². The molecule has 1 aromatic heterocycles. The average Bonchev–Trinajstić information content (AvgIpc) is 3.22. The fourth-order valence-electron chi connectivity index (χ4n) is 3.30. The molecule has 0 unspecified atom stereocenters. The maximum Gasteiger partial charge on any atom is 0.251 e. The number of pyridine rings is 1. The molecular weight excluding hydrogens is 356 g/mol. The highest BCUT2D eigenvalue weighted by atomic mass is 16.5. The number of hydrogen-bond donors (Lipinski definition) is 1. The molecule has 150 valence electrons. The zero-order chi connectivity index (χ0) is 19.8. The van der Waals surface area contributed by atoms with Crippen molar-refractivity contribution in [2.24, 2.45) is 0 Å². The minimum Gasteiger partial charge on any atom is -0.490 e. The number of amides is 1. The number of rotatable bonds is 9. The molecule has 3 rings (SSSR count). The fraction of sp³-hybridized carbons (Fsp3) is 0.455. The number of carbonyl (C=O) groups excluding carboxylic acids is 1. The first-order valence-corrected chi connectivity index (χ1v) is 9.99. The predicted molar refractivity (Wildman–Crippen MR) is 107 cm³/mol. The van der Waals surface area contributed by atoms with E-state index in [2.05, 4.69) is 10.3 Å². The Morgan fingerprint density at radius 3 is 2.61 bits per heavy atom. The van der Waals surface area contributed by atoms with Crippen molar-refractivity contribution in [3.8, 4) is 17.4 Å². The van der Waals surface area contributed by atoms with Crippen LogP contribution in [0.4, 0.5) is 0 Å². The molecule has 1 saturated carbocycles. The number of carbonyl (C=O) groups is 1. The Labute approximate surface area is 166 Å². The zero-order valence-electron chi connectivity index (χ0n) is 16.6. The lowest BCUT2D eigenvalue weighted by Gasteiger charge is -2.16. The largest absolute Gasteiger partial charge is 0.490 e. The molecule has 6 nitrogen and oxygen atoms in total. The Morgan fingerprint density at radius 2 is 1.86 bits per heavy atom. The lowest BCUT2D eigenvalue weighted by molar-refractivity contribution is 0.0949. The van der Waals surface area contributed by atoms with Crippen LogP contribution in [0.5, 0.6) is 17.4 Å². The number of hydrogen-bond acceptors (Lipinski definition) is 5. The molecule has 1 N–H and O–H groups in total. The van der Waals surface area contributed by atoms with E-state index in [1.807, 2.05) is 26.0 Å². The van der Waals surface area contributed by atoms with E-state index >= 15 is 0 Å². The minimum absolute atomic E-state index is 0.181. The first-order chi connectivity index (χ1) is 13.7. The molecule has 0 aliphatic heterocycles. The second-order valence-electron chi connectivity index (χ2n) is 6.70. The summed E-state index contributed by atoms with van der Waals surface area (Å²) >= 11 is 0. The van der Waals surface area contributed by atoms with Gasteiger partial charge in [0.05, 0.1) is 13.2 Å². The summed E-state index contributed by atoms with van der Waals surface area (Å²) in [6.45, 7) is 5.21. The van der Waals surface area contributed by atoms with Crippen molar-refractivity contribution in [1.29, 1.82) is 0 Å². The molecule has 28 heavy (non-hydrogen) atoms. The molecule has 0 spiro atoms. The van der Waals surface area contributed by atoms with Crippen LogP contribution < -0.4 is 19.5 Å². The standard InChI is InChI=1S/C22H28N2O4/c1-3-26-19-12-11-16(14-20(19)27-4-2)21(25)24-15-17-8-7-13-23-22(17)28-18-9-5-6-10-18/h7-8,11-14,18H,3-6,9-10,15H2,1-2H3,(H,24,25). The molecule has 1 fully saturated rings. The van der Waals surface area contributed by atoms with E-state index in [9.17, 15) is 4.79 Å². The van der Waals surface area contributed by atoms with Gasteiger partial charge in [0, 0.05) is 23.9 Å². The SMILES string of the molecule is CCOc1ccc(C(=O)NCc2cccnc2OC2CCCC2)cc1OCC. The number of ether oxygens (including phenoxy) is 3. The summed E-state index contributed by atoms with van der Waals surface area (Å²) in [6, 6.07) is 9.00. The van der Waals surface area contributed by atoms with Gasteiger partial charge in [0.1, 0.15) is 6.10 Å². The van der Waals surface area contributed by atoms with Gasteiger partial charge >= 0.3 is 0 Å². The molecule has 2 aromatic rings. The van der Waals surface area contributed by atoms with Crippen LogP contribution in [0.15, 0.2) is 36.5 Å². The van der Waals surface area contributed by atoms with Crippen LogP contribution in [0.25, 0.3) is 0 Å². The summed E-state index contributed by atoms with van der Waals surface area (Å²) in [6.07, 6.45) is 6.47. The molecule has 1 heterocycles. The van der Waals surface area contributed by atoms with E-state index in [4.69, 9.17) is 14.2 Å². The van der Waals surface area contributed by atoms with E-state index in [0.717, 1.165) is 18.4 Å². The number of aromatic nitrogens is 1. The molecule has 6 heteroatoms. The van der Waals surface area contributed by atoms with Gasteiger partial charge in [-0.2, -0.15) is 0 Å². The van der Waals surface area contributed by atoms with Gasteiger partial charge in [-0.1, -0.05) is 6.07 Å². The highest BCUT2D eigenvalue weighted by Crippen LogP contribution is 2.29. The third-order valence-corrected chi connectivity index (χ3v) is 4.68. The summed E-state index contributed by atoms with van der Waals surface area (Å²) in [5.74, 6) is 1.64. The summed E-state index contributed by atoms with van der Waals surface area (Å²) in [4.78, 5) is 17.0. The lowest BCUT2D eigenvalue weighted by atomic mass is 10.1. The molecule has 1 amide bonds. The third kappa shape index (κ3) is 5.15. The van der Waals surface area contributed by atoms with Gasteiger partial charge in [0.25, 0.3) is 5.91 Å². The quantitative estimate of drug-likeness (QED) is 0.704. The Morgan fingerprint density at radius 1 is 1.11 bits per heavy atom. The number of nitrogens with one attached hydrogen (secondary N) is 1. The molecule has 0 saturated heterocycles. The van der Waals surface area contributed by atoms with Crippen molar-refractivity contribution in [3.05, 3.63) is 47.7 Å². The van der Waals surface area contributed by atoms with E-state index in [1.54, 1.807) is 24.4 Å². The van der Waals surface area contributed by atoms with E-state index in [0.29, 0.717) is 42.7 Å². The van der Waals surface area contributed by atoms with Gasteiger partial charge < -0.3 is 19.5 Å². The summed E-state index contributed by atoms with van der Waals surface area (Å²) < 4.78 is 17.2. The Hall–Kier alpha value is -2.76. The maximum atomic E-state index is 12.6. The second kappa shape index (κ2) is 9.97. The summed E-state index contributed by atoms with van der Waals surface area (Å²) in [5, 5.41) is 2.95. The smallest absolute Gasteiger partial charge is 0.251 e. The molecule has 0 atom stereocenters. The molecule has 1 aliphatic carbocycles. The maximum absolute atomic E-state index is 12.6. The van der Waals surface area contributed by atoms with Gasteiger partial charge in [-0.05, 0) is 63.8 Å². The predicted octanol–water partition coefficient (Wildman–Crippen LogP) is 4.13. The molecule has 0 bridgehead atoms. The highest BCUT2D eigenvalue weighted by Gasteiger charge is 2.19. The molecule has 1 aromatic carbocycles. The van der Waals surface area contributed by atoms with Crippen molar-refractivity contribution in [2.75, 3.05) is 13.2 Å². The summed E-state index contributed by atoms with van der Waals surface area (Å²) in [7, 11) is 0. The Bertz CT molecular complexity index is 788.